The van der Waals surface area contributed by atoms with Gasteiger partial charge in [0.05, 0.1) is 0 Å². The zero-order chi connectivity index (χ0) is 14.9. The number of nitrogens with one attached hydrogen (secondary N) is 1. The minimum absolute atomic E-state index is 0.174. The molecule has 2 N–H and O–H groups in total. The molecular formula is C12H11F3N2O3. The first-order valence-corrected chi connectivity index (χ1v) is 5.85. The number of carboxylic acid groups (broad SMARTS) is 1. The minimum atomic E-state index is -1.26. The van der Waals surface area contributed by atoms with Crippen LogP contribution in [0.2, 0.25) is 0 Å². The number of anilines is 1. The molecule has 0 aromatic heterocycles. The normalized spacial score (nSPS) is 18.1. The summed E-state index contributed by atoms with van der Waals surface area (Å²) in [5.41, 5.74) is -0.799. The Balaban J connectivity index is 2.18. The lowest BCUT2D eigenvalue weighted by molar-refractivity contribution is -0.141. The lowest BCUT2D eigenvalue weighted by Gasteiger charge is -2.22. The molecule has 1 saturated heterocycles. The van der Waals surface area contributed by atoms with Crippen molar-refractivity contribution < 1.29 is 27.9 Å². The number of nitrogens with zero attached hydrogens (tertiary/aromatic N) is 1. The predicted molar refractivity (Wildman–Crippen MR) is 62.7 cm³/mol. The molecule has 2 amide bonds. The molecule has 1 heterocycles. The first kappa shape index (κ1) is 14.2. The number of halogens is 3. The molecule has 1 aromatic rings. The summed E-state index contributed by atoms with van der Waals surface area (Å²) in [7, 11) is 0. The van der Waals surface area contributed by atoms with Crippen molar-refractivity contribution in [3.63, 3.8) is 0 Å². The Bertz CT molecular complexity index is 542. The van der Waals surface area contributed by atoms with E-state index in [9.17, 15) is 22.8 Å². The number of rotatable bonds is 2. The second kappa shape index (κ2) is 5.40. The summed E-state index contributed by atoms with van der Waals surface area (Å²) in [6, 6.07) is -1.10. The molecule has 0 radical (unpaired) electrons. The van der Waals surface area contributed by atoms with Gasteiger partial charge in [-0.2, -0.15) is 0 Å². The summed E-state index contributed by atoms with van der Waals surface area (Å²) in [6.07, 6.45) is 0.760. The van der Waals surface area contributed by atoms with E-state index in [-0.39, 0.29) is 13.0 Å². The van der Waals surface area contributed by atoms with Crippen LogP contribution in [0.1, 0.15) is 12.8 Å². The van der Waals surface area contributed by atoms with E-state index in [0.29, 0.717) is 18.6 Å². The average molecular weight is 288 g/mol. The van der Waals surface area contributed by atoms with Crippen molar-refractivity contribution in [3.8, 4) is 0 Å². The van der Waals surface area contributed by atoms with E-state index >= 15 is 0 Å². The molecule has 0 aliphatic carbocycles. The smallest absolute Gasteiger partial charge is 0.326 e. The van der Waals surface area contributed by atoms with E-state index in [1.54, 1.807) is 0 Å². The number of amides is 2. The Labute approximate surface area is 112 Å². The third kappa shape index (κ3) is 2.68. The summed E-state index contributed by atoms with van der Waals surface area (Å²) in [4.78, 5) is 23.7. The van der Waals surface area contributed by atoms with Crippen LogP contribution in [0.3, 0.4) is 0 Å². The van der Waals surface area contributed by atoms with Crippen LogP contribution in [0.5, 0.6) is 0 Å². The van der Waals surface area contributed by atoms with Crippen molar-refractivity contribution in [2.75, 3.05) is 11.9 Å². The zero-order valence-electron chi connectivity index (χ0n) is 10.2. The third-order valence-electron chi connectivity index (χ3n) is 3.04. The second-order valence-corrected chi connectivity index (χ2v) is 4.36. The van der Waals surface area contributed by atoms with Gasteiger partial charge in [-0.15, -0.1) is 0 Å². The van der Waals surface area contributed by atoms with Gasteiger partial charge in [0.2, 0.25) is 0 Å². The van der Waals surface area contributed by atoms with Crippen LogP contribution in [-0.2, 0) is 4.79 Å². The largest absolute Gasteiger partial charge is 0.480 e. The monoisotopic (exact) mass is 288 g/mol. The van der Waals surface area contributed by atoms with Gasteiger partial charge in [0, 0.05) is 18.7 Å². The maximum atomic E-state index is 13.4. The van der Waals surface area contributed by atoms with Crippen LogP contribution < -0.4 is 5.32 Å². The van der Waals surface area contributed by atoms with Gasteiger partial charge in [-0.1, -0.05) is 0 Å². The Morgan fingerprint density at radius 3 is 2.40 bits per heavy atom. The lowest BCUT2D eigenvalue weighted by atomic mass is 10.2. The number of hydrogen-bond acceptors (Lipinski definition) is 2. The van der Waals surface area contributed by atoms with Gasteiger partial charge in [0.1, 0.15) is 17.5 Å². The molecule has 1 aliphatic rings. The van der Waals surface area contributed by atoms with Gasteiger partial charge in [0.25, 0.3) is 0 Å². The van der Waals surface area contributed by atoms with E-state index in [0.717, 1.165) is 4.90 Å². The molecule has 0 spiro atoms. The number of carboxylic acids is 1. The number of likely N-dealkylation sites (tertiary alicyclic amines) is 1. The fourth-order valence-electron chi connectivity index (χ4n) is 2.11. The van der Waals surface area contributed by atoms with Gasteiger partial charge in [-0.25, -0.2) is 22.8 Å². The van der Waals surface area contributed by atoms with Crippen LogP contribution in [0.25, 0.3) is 0 Å². The zero-order valence-corrected chi connectivity index (χ0v) is 10.2. The summed E-state index contributed by atoms with van der Waals surface area (Å²) in [5.74, 6) is -4.82. The standard InChI is InChI=1S/C12H11F3N2O3/c13-6-4-7(14)10(8(15)5-6)16-12(20)17-3-1-2-9(17)11(18)19/h4-5,9H,1-3H2,(H,16,20)(H,18,19)/t9-/m0/s1. The van der Waals surface area contributed by atoms with Crippen molar-refractivity contribution in [3.05, 3.63) is 29.6 Å². The Kier molecular flexibility index (Phi) is 3.82. The van der Waals surface area contributed by atoms with Gasteiger partial charge < -0.3 is 15.3 Å². The van der Waals surface area contributed by atoms with Gasteiger partial charge in [-0.05, 0) is 12.8 Å². The van der Waals surface area contributed by atoms with E-state index in [4.69, 9.17) is 5.11 Å². The van der Waals surface area contributed by atoms with E-state index in [1.165, 1.54) is 0 Å². The van der Waals surface area contributed by atoms with Gasteiger partial charge in [0.15, 0.2) is 11.6 Å². The van der Waals surface area contributed by atoms with Gasteiger partial charge >= 0.3 is 12.0 Å². The molecule has 108 valence electrons. The SMILES string of the molecule is O=C(O)[C@@H]1CCCN1C(=O)Nc1c(F)cc(F)cc1F. The van der Waals surface area contributed by atoms with Crippen LogP contribution in [-0.4, -0.2) is 34.6 Å². The minimum Gasteiger partial charge on any atom is -0.480 e. The number of hydrogen-bond donors (Lipinski definition) is 2. The molecule has 1 aliphatic heterocycles. The molecule has 1 fully saturated rings. The molecule has 0 bridgehead atoms. The van der Waals surface area contributed by atoms with Crippen LogP contribution in [0.4, 0.5) is 23.7 Å². The Hall–Kier alpha value is -2.25. The molecule has 8 heteroatoms. The third-order valence-corrected chi connectivity index (χ3v) is 3.04. The van der Waals surface area contributed by atoms with Crippen molar-refractivity contribution in [1.82, 2.24) is 4.90 Å². The van der Waals surface area contributed by atoms with Crippen molar-refractivity contribution in [2.45, 2.75) is 18.9 Å². The molecule has 1 aromatic carbocycles. The first-order valence-electron chi connectivity index (χ1n) is 5.85. The molecule has 5 nitrogen and oxygen atoms in total. The highest BCUT2D eigenvalue weighted by atomic mass is 19.1. The van der Waals surface area contributed by atoms with Crippen LogP contribution in [0.15, 0.2) is 12.1 Å². The molecule has 20 heavy (non-hydrogen) atoms. The Morgan fingerprint density at radius 2 is 1.85 bits per heavy atom. The topological polar surface area (TPSA) is 69.6 Å². The summed E-state index contributed by atoms with van der Waals surface area (Å²) < 4.78 is 39.5. The van der Waals surface area contributed by atoms with Crippen molar-refractivity contribution in [2.24, 2.45) is 0 Å². The van der Waals surface area contributed by atoms with Gasteiger partial charge in [-0.3, -0.25) is 0 Å². The number of carbonyl (C=O) groups excluding carboxylic acids is 1. The first-order chi connectivity index (χ1) is 9.40. The Morgan fingerprint density at radius 1 is 1.25 bits per heavy atom. The van der Waals surface area contributed by atoms with E-state index < -0.39 is 41.2 Å². The maximum Gasteiger partial charge on any atom is 0.326 e. The molecular weight excluding hydrogens is 277 g/mol. The van der Waals surface area contributed by atoms with Crippen LogP contribution >= 0.6 is 0 Å². The van der Waals surface area contributed by atoms with E-state index in [1.807, 2.05) is 5.32 Å². The number of aliphatic carboxylic acids is 1. The maximum absolute atomic E-state index is 13.4. The van der Waals surface area contributed by atoms with Crippen molar-refractivity contribution >= 4 is 17.7 Å². The van der Waals surface area contributed by atoms with Crippen molar-refractivity contribution in [1.29, 1.82) is 0 Å². The molecule has 0 saturated carbocycles. The molecule has 1 atom stereocenters. The highest BCUT2D eigenvalue weighted by molar-refractivity contribution is 5.92. The highest BCUT2D eigenvalue weighted by Crippen LogP contribution is 2.23. The average Bonchev–Trinajstić information content (AvgIpc) is 2.82. The highest BCUT2D eigenvalue weighted by Gasteiger charge is 2.34. The summed E-state index contributed by atoms with van der Waals surface area (Å²) in [5, 5.41) is 10.9. The second-order valence-electron chi connectivity index (χ2n) is 4.36. The summed E-state index contributed by atoms with van der Waals surface area (Å²) in [6.45, 7) is 0.174. The quantitative estimate of drug-likeness (QED) is 0.876. The number of urea groups is 1. The van der Waals surface area contributed by atoms with E-state index in [2.05, 4.69) is 0 Å². The lowest BCUT2D eigenvalue weighted by Crippen LogP contribution is -2.43. The fourth-order valence-corrected chi connectivity index (χ4v) is 2.11. The molecule has 0 unspecified atom stereocenters. The molecule has 2 rings (SSSR count). The number of carbonyl (C=O) groups is 2. The number of benzene rings is 1. The predicted octanol–water partition coefficient (Wildman–Crippen LogP) is 2.18. The van der Waals surface area contributed by atoms with Crippen LogP contribution in [0, 0.1) is 17.5 Å². The summed E-state index contributed by atoms with van der Waals surface area (Å²) >= 11 is 0. The fraction of sp³-hybridized carbons (Fsp3) is 0.333.